The van der Waals surface area contributed by atoms with E-state index in [1.807, 2.05) is 0 Å². The van der Waals surface area contributed by atoms with Gasteiger partial charge >= 0.3 is 63.7 Å². The maximum absolute atomic E-state index is 13.8. The van der Waals surface area contributed by atoms with E-state index in [9.17, 15) is 31.4 Å². The molecule has 0 aliphatic heterocycles. The molecule has 0 unspecified atom stereocenters. The van der Waals surface area contributed by atoms with Gasteiger partial charge in [0.2, 0.25) is 5.41 Å². The van der Waals surface area contributed by atoms with Crippen molar-refractivity contribution in [3.8, 4) is 5.75 Å². The Labute approximate surface area is 189 Å². The summed E-state index contributed by atoms with van der Waals surface area (Å²) in [5.74, 6) is -0.427. The molecule has 0 radical (unpaired) electrons. The van der Waals surface area contributed by atoms with Crippen molar-refractivity contribution in [2.45, 2.75) is 24.2 Å². The van der Waals surface area contributed by atoms with E-state index in [-0.39, 0.29) is 51.4 Å². The molecule has 0 atom stereocenters. The summed E-state index contributed by atoms with van der Waals surface area (Å²) in [5, 5.41) is 9.22. The molecular formula is C18H15F6KO. The van der Waals surface area contributed by atoms with Crippen LogP contribution in [0.2, 0.25) is 0 Å². The summed E-state index contributed by atoms with van der Waals surface area (Å²) in [7, 11) is 0. The van der Waals surface area contributed by atoms with Crippen molar-refractivity contribution < 1.29 is 31.4 Å². The van der Waals surface area contributed by atoms with Crippen LogP contribution < -0.4 is 0 Å². The van der Waals surface area contributed by atoms with E-state index in [1.165, 1.54) is 18.2 Å². The molecule has 2 aromatic carbocycles. The van der Waals surface area contributed by atoms with Crippen LogP contribution in [0.4, 0.5) is 26.3 Å². The zero-order valence-corrected chi connectivity index (χ0v) is 12.8. The second-order valence-corrected chi connectivity index (χ2v) is 5.48. The molecule has 26 heavy (non-hydrogen) atoms. The van der Waals surface area contributed by atoms with Crippen molar-refractivity contribution in [3.63, 3.8) is 0 Å². The minimum atomic E-state index is -5.64. The first-order chi connectivity index (χ1) is 11.5. The van der Waals surface area contributed by atoms with Crippen LogP contribution >= 0.6 is 0 Å². The average molecular weight is 400 g/mol. The Morgan fingerprint density at radius 3 is 1.50 bits per heavy atom. The van der Waals surface area contributed by atoms with E-state index in [0.29, 0.717) is 24.1 Å². The first kappa shape index (κ1) is 23.2. The van der Waals surface area contributed by atoms with Crippen LogP contribution in [0, 0.1) is 0 Å². The molecule has 0 spiro atoms. The molecule has 0 saturated heterocycles. The van der Waals surface area contributed by atoms with Crippen LogP contribution in [0.1, 0.15) is 16.7 Å². The molecule has 2 aromatic rings. The number of allylic oxidation sites excluding steroid dienone is 1. The molecule has 8 heteroatoms. The third-order valence-electron chi connectivity index (χ3n) is 3.92. The molecule has 0 fully saturated rings. The van der Waals surface area contributed by atoms with E-state index in [4.69, 9.17) is 0 Å². The number of benzene rings is 2. The van der Waals surface area contributed by atoms with E-state index in [1.54, 1.807) is 0 Å². The molecule has 1 nitrogen and oxygen atoms in total. The molecule has 0 aliphatic rings. The molecule has 0 bridgehead atoms. The molecule has 0 amide bonds. The molecule has 0 aliphatic carbocycles. The number of aromatic hydroxyl groups is 1. The Bertz CT molecular complexity index is 718. The number of phenolic OH excluding ortho intramolecular Hbond substituents is 1. The van der Waals surface area contributed by atoms with Gasteiger partial charge in [0.1, 0.15) is 5.75 Å². The van der Waals surface area contributed by atoms with Gasteiger partial charge in [-0.05, 0) is 35.2 Å². The van der Waals surface area contributed by atoms with Crippen LogP contribution in [0.3, 0.4) is 0 Å². The average Bonchev–Trinajstić information content (AvgIpc) is 2.49. The van der Waals surface area contributed by atoms with Gasteiger partial charge in [-0.1, -0.05) is 42.5 Å². The van der Waals surface area contributed by atoms with Crippen molar-refractivity contribution in [1.82, 2.24) is 0 Å². The number of hydrogen-bond donors (Lipinski definition) is 1. The number of phenols is 1. The molecule has 0 aromatic heterocycles. The van der Waals surface area contributed by atoms with Gasteiger partial charge in [0.15, 0.2) is 0 Å². The second kappa shape index (κ2) is 8.47. The van der Waals surface area contributed by atoms with E-state index >= 15 is 0 Å². The van der Waals surface area contributed by atoms with Crippen LogP contribution in [0.5, 0.6) is 5.75 Å². The molecule has 2 rings (SSSR count). The second-order valence-electron chi connectivity index (χ2n) is 5.48. The van der Waals surface area contributed by atoms with Gasteiger partial charge in [0.25, 0.3) is 0 Å². The van der Waals surface area contributed by atoms with Crippen LogP contribution in [-0.2, 0) is 11.8 Å². The first-order valence-corrected chi connectivity index (χ1v) is 7.17. The Kier molecular flexibility index (Phi) is 7.57. The summed E-state index contributed by atoms with van der Waals surface area (Å²) in [6.07, 6.45) is -9.45. The number of alkyl halides is 6. The van der Waals surface area contributed by atoms with Gasteiger partial charge in [-0.25, -0.2) is 0 Å². The third-order valence-corrected chi connectivity index (χ3v) is 3.92. The van der Waals surface area contributed by atoms with E-state index in [2.05, 4.69) is 6.58 Å². The van der Waals surface area contributed by atoms with Gasteiger partial charge in [0.05, 0.1) is 0 Å². The van der Waals surface area contributed by atoms with Gasteiger partial charge < -0.3 is 5.11 Å². The molecule has 1 N–H and O–H groups in total. The summed E-state index contributed by atoms with van der Waals surface area (Å²) in [5.41, 5.74) is -5.60. The summed E-state index contributed by atoms with van der Waals surface area (Å²) in [6.45, 7) is 3.48. The summed E-state index contributed by atoms with van der Waals surface area (Å²) < 4.78 is 82.8. The van der Waals surface area contributed by atoms with Crippen molar-refractivity contribution in [1.29, 1.82) is 0 Å². The summed E-state index contributed by atoms with van der Waals surface area (Å²) >= 11 is 0. The first-order valence-electron chi connectivity index (χ1n) is 7.17. The fourth-order valence-electron chi connectivity index (χ4n) is 2.75. The van der Waals surface area contributed by atoms with Gasteiger partial charge in [-0.3, -0.25) is 0 Å². The zero-order chi connectivity index (χ0) is 18.9. The number of halogens is 6. The van der Waals surface area contributed by atoms with Crippen LogP contribution in [0.15, 0.2) is 61.2 Å². The van der Waals surface area contributed by atoms with Crippen molar-refractivity contribution in [2.75, 3.05) is 0 Å². The topological polar surface area (TPSA) is 20.2 Å². The van der Waals surface area contributed by atoms with Crippen molar-refractivity contribution in [2.24, 2.45) is 0 Å². The monoisotopic (exact) mass is 400 g/mol. The zero-order valence-electron chi connectivity index (χ0n) is 12.8. The van der Waals surface area contributed by atoms with Crippen molar-refractivity contribution in [3.05, 3.63) is 77.9 Å². The van der Waals surface area contributed by atoms with Gasteiger partial charge in [-0.15, -0.1) is 6.58 Å². The fraction of sp³-hybridized carbons (Fsp3) is 0.222. The molecule has 0 heterocycles. The standard InChI is InChI=1S/C18H14F6O.K.H/c1-2-3-12-4-6-13(7-5-12)16(17(19,20)21,18(22,23)24)14-8-10-15(25)11-9-14;;/h2,4-11,25H,1,3H2;;. The molecular weight excluding hydrogens is 385 g/mol. The Hall–Kier alpha value is -0.804. The van der Waals surface area contributed by atoms with Gasteiger partial charge in [0, 0.05) is 0 Å². The van der Waals surface area contributed by atoms with Crippen LogP contribution in [-0.4, -0.2) is 68.8 Å². The maximum atomic E-state index is 13.8. The normalized spacial score (nSPS) is 12.4. The van der Waals surface area contributed by atoms with Crippen molar-refractivity contribution >= 4 is 51.4 Å². The van der Waals surface area contributed by atoms with Crippen LogP contribution in [0.25, 0.3) is 0 Å². The SMILES string of the molecule is C=CCc1ccc(C(c2ccc(O)cc2)(C(F)(F)F)C(F)(F)F)cc1.[KH]. The quantitative estimate of drug-likeness (QED) is 0.441. The van der Waals surface area contributed by atoms with E-state index in [0.717, 1.165) is 24.3 Å². The van der Waals surface area contributed by atoms with E-state index < -0.39 is 34.6 Å². The predicted octanol–water partition coefficient (Wildman–Crippen LogP) is 4.88. The predicted molar refractivity (Wildman–Crippen MR) is 88.5 cm³/mol. The summed E-state index contributed by atoms with van der Waals surface area (Å²) in [6, 6.07) is 6.94. The minimum absolute atomic E-state index is 0. The Morgan fingerprint density at radius 1 is 0.769 bits per heavy atom. The fourth-order valence-corrected chi connectivity index (χ4v) is 2.75. The summed E-state index contributed by atoms with van der Waals surface area (Å²) in [4.78, 5) is 0. The Balaban J connectivity index is 0.00000338. The molecule has 0 saturated carbocycles. The van der Waals surface area contributed by atoms with Gasteiger partial charge in [-0.2, -0.15) is 26.3 Å². The number of hydrogen-bond acceptors (Lipinski definition) is 1. The molecule has 136 valence electrons. The third kappa shape index (κ3) is 4.19. The number of rotatable bonds is 4. The Morgan fingerprint density at radius 2 is 1.15 bits per heavy atom.